The number of hydrogen-bond acceptors (Lipinski definition) is 3. The smallest absolute Gasteiger partial charge is 0.243 e. The summed E-state index contributed by atoms with van der Waals surface area (Å²) < 4.78 is 39.9. The van der Waals surface area contributed by atoms with Gasteiger partial charge in [-0.15, -0.1) is 0 Å². The predicted octanol–water partition coefficient (Wildman–Crippen LogP) is 3.74. The SMILES string of the molecule is CC(C)[C@@H](NC(=O)C1CCN(S(=O)(=O)c2ccc(F)cc2)CC1)c1ccccc1. The van der Waals surface area contributed by atoms with Crippen LogP contribution in [-0.4, -0.2) is 31.7 Å². The highest BCUT2D eigenvalue weighted by Crippen LogP contribution is 2.26. The van der Waals surface area contributed by atoms with Gasteiger partial charge in [-0.3, -0.25) is 4.79 Å². The van der Waals surface area contributed by atoms with Crippen LogP contribution in [0.15, 0.2) is 59.5 Å². The van der Waals surface area contributed by atoms with Gasteiger partial charge in [0.2, 0.25) is 15.9 Å². The fourth-order valence-corrected chi connectivity index (χ4v) is 5.15. The molecule has 0 aromatic heterocycles. The normalized spacial score (nSPS) is 17.2. The van der Waals surface area contributed by atoms with Gasteiger partial charge in [-0.25, -0.2) is 12.8 Å². The van der Waals surface area contributed by atoms with E-state index in [9.17, 15) is 17.6 Å². The first-order chi connectivity index (χ1) is 13.8. The Bertz CT molecular complexity index is 922. The molecule has 7 heteroatoms. The predicted molar refractivity (Wildman–Crippen MR) is 110 cm³/mol. The van der Waals surface area contributed by atoms with E-state index in [1.54, 1.807) is 0 Å². The number of benzene rings is 2. The van der Waals surface area contributed by atoms with Crippen LogP contribution in [0.1, 0.15) is 38.3 Å². The second-order valence-electron chi connectivity index (χ2n) is 7.77. The van der Waals surface area contributed by atoms with Gasteiger partial charge >= 0.3 is 0 Å². The molecule has 5 nitrogen and oxygen atoms in total. The van der Waals surface area contributed by atoms with Crippen LogP contribution in [0, 0.1) is 17.7 Å². The van der Waals surface area contributed by atoms with Gasteiger partial charge < -0.3 is 5.32 Å². The lowest BCUT2D eigenvalue weighted by atomic mass is 9.93. The van der Waals surface area contributed by atoms with Gasteiger partial charge in [0.05, 0.1) is 10.9 Å². The van der Waals surface area contributed by atoms with E-state index in [1.807, 2.05) is 30.3 Å². The van der Waals surface area contributed by atoms with E-state index >= 15 is 0 Å². The number of piperidine rings is 1. The number of carbonyl (C=O) groups is 1. The molecule has 2 aromatic rings. The molecule has 1 atom stereocenters. The highest BCUT2D eigenvalue weighted by Gasteiger charge is 2.33. The van der Waals surface area contributed by atoms with Gasteiger partial charge in [-0.05, 0) is 48.6 Å². The average molecular weight is 419 g/mol. The number of amides is 1. The third-order valence-electron chi connectivity index (χ3n) is 5.40. The lowest BCUT2D eigenvalue weighted by Gasteiger charge is -2.32. The van der Waals surface area contributed by atoms with Crippen molar-refractivity contribution < 1.29 is 17.6 Å². The van der Waals surface area contributed by atoms with Gasteiger partial charge in [-0.1, -0.05) is 44.2 Å². The minimum absolute atomic E-state index is 0.0358. The first-order valence-corrected chi connectivity index (χ1v) is 11.3. The molecule has 0 spiro atoms. The van der Waals surface area contributed by atoms with Crippen LogP contribution in [0.5, 0.6) is 0 Å². The molecule has 3 rings (SSSR count). The highest BCUT2D eigenvalue weighted by atomic mass is 32.2. The standard InChI is InChI=1S/C22H27FN2O3S/c1-16(2)21(17-6-4-3-5-7-17)24-22(26)18-12-14-25(15-13-18)29(27,28)20-10-8-19(23)9-11-20/h3-11,16,18,21H,12-15H2,1-2H3,(H,24,26)/t21-/m1/s1. The lowest BCUT2D eigenvalue weighted by molar-refractivity contribution is -0.127. The Hall–Kier alpha value is -2.25. The van der Waals surface area contributed by atoms with Gasteiger partial charge in [-0.2, -0.15) is 4.31 Å². The maximum Gasteiger partial charge on any atom is 0.243 e. The molecule has 1 aliphatic rings. The van der Waals surface area contributed by atoms with Crippen molar-refractivity contribution in [1.82, 2.24) is 9.62 Å². The summed E-state index contributed by atoms with van der Waals surface area (Å²) in [5, 5.41) is 3.15. The number of hydrogen-bond donors (Lipinski definition) is 1. The zero-order valence-corrected chi connectivity index (χ0v) is 17.5. The van der Waals surface area contributed by atoms with E-state index in [4.69, 9.17) is 0 Å². The topological polar surface area (TPSA) is 66.5 Å². The fourth-order valence-electron chi connectivity index (χ4n) is 3.68. The summed E-state index contributed by atoms with van der Waals surface area (Å²) in [6, 6.07) is 14.6. The molecule has 2 aromatic carbocycles. The van der Waals surface area contributed by atoms with Gasteiger partial charge in [0, 0.05) is 19.0 Å². The molecule has 1 N–H and O–H groups in total. The molecule has 0 bridgehead atoms. The summed E-state index contributed by atoms with van der Waals surface area (Å²) in [7, 11) is -3.67. The van der Waals surface area contributed by atoms with Crippen LogP contribution in [0.2, 0.25) is 0 Å². The second kappa shape index (κ2) is 9.05. The van der Waals surface area contributed by atoms with Gasteiger partial charge in [0.25, 0.3) is 0 Å². The van der Waals surface area contributed by atoms with Crippen LogP contribution >= 0.6 is 0 Å². The Morgan fingerprint density at radius 2 is 1.62 bits per heavy atom. The maximum absolute atomic E-state index is 13.1. The average Bonchev–Trinajstić information content (AvgIpc) is 2.72. The van der Waals surface area contributed by atoms with Crippen molar-refractivity contribution >= 4 is 15.9 Å². The highest BCUT2D eigenvalue weighted by molar-refractivity contribution is 7.89. The Kier molecular flexibility index (Phi) is 6.70. The largest absolute Gasteiger partial charge is 0.349 e. The molecule has 1 aliphatic heterocycles. The number of carbonyl (C=O) groups excluding carboxylic acids is 1. The Balaban J connectivity index is 1.62. The second-order valence-corrected chi connectivity index (χ2v) is 9.71. The third kappa shape index (κ3) is 5.03. The van der Waals surface area contributed by atoms with Crippen LogP contribution in [0.25, 0.3) is 0 Å². The summed E-state index contributed by atoms with van der Waals surface area (Å²) in [4.78, 5) is 12.9. The fraction of sp³-hybridized carbons (Fsp3) is 0.409. The van der Waals surface area contributed by atoms with E-state index in [-0.39, 0.29) is 41.8 Å². The maximum atomic E-state index is 13.1. The zero-order valence-electron chi connectivity index (χ0n) is 16.7. The molecular formula is C22H27FN2O3S. The molecule has 1 heterocycles. The molecular weight excluding hydrogens is 391 g/mol. The van der Waals surface area contributed by atoms with Crippen LogP contribution in [-0.2, 0) is 14.8 Å². The van der Waals surface area contributed by atoms with E-state index in [0.29, 0.717) is 12.8 Å². The molecule has 0 unspecified atom stereocenters. The first kappa shape index (κ1) is 21.5. The zero-order chi connectivity index (χ0) is 21.0. The number of nitrogens with one attached hydrogen (secondary N) is 1. The van der Waals surface area contributed by atoms with Gasteiger partial charge in [0.1, 0.15) is 5.82 Å². The molecule has 1 amide bonds. The first-order valence-electron chi connectivity index (χ1n) is 9.90. The van der Waals surface area contributed by atoms with Crippen LogP contribution in [0.4, 0.5) is 4.39 Å². The van der Waals surface area contributed by atoms with Crippen molar-refractivity contribution in [2.75, 3.05) is 13.1 Å². The van der Waals surface area contributed by atoms with Gasteiger partial charge in [0.15, 0.2) is 0 Å². The van der Waals surface area contributed by atoms with E-state index in [1.165, 1.54) is 16.4 Å². The minimum Gasteiger partial charge on any atom is -0.349 e. The van der Waals surface area contributed by atoms with Crippen molar-refractivity contribution in [3.05, 3.63) is 66.0 Å². The molecule has 0 saturated carbocycles. The molecule has 29 heavy (non-hydrogen) atoms. The Morgan fingerprint density at radius 3 is 2.17 bits per heavy atom. The quantitative estimate of drug-likeness (QED) is 0.777. The van der Waals surface area contributed by atoms with Crippen molar-refractivity contribution in [2.45, 2.75) is 37.6 Å². The molecule has 156 valence electrons. The Labute approximate surface area is 172 Å². The molecule has 1 saturated heterocycles. The Morgan fingerprint density at radius 1 is 1.03 bits per heavy atom. The summed E-state index contributed by atoms with van der Waals surface area (Å²) in [6.07, 6.45) is 0.928. The summed E-state index contributed by atoms with van der Waals surface area (Å²) in [6.45, 7) is 4.68. The lowest BCUT2D eigenvalue weighted by Crippen LogP contribution is -2.44. The summed E-state index contributed by atoms with van der Waals surface area (Å²) in [5.41, 5.74) is 1.06. The van der Waals surface area contributed by atoms with Crippen molar-refractivity contribution in [2.24, 2.45) is 11.8 Å². The van der Waals surface area contributed by atoms with E-state index in [0.717, 1.165) is 17.7 Å². The number of halogens is 1. The number of nitrogens with zero attached hydrogens (tertiary/aromatic N) is 1. The molecule has 0 radical (unpaired) electrons. The molecule has 1 fully saturated rings. The summed E-state index contributed by atoms with van der Waals surface area (Å²) in [5.74, 6) is -0.497. The number of rotatable bonds is 6. The van der Waals surface area contributed by atoms with Crippen molar-refractivity contribution in [1.29, 1.82) is 0 Å². The third-order valence-corrected chi connectivity index (χ3v) is 7.31. The van der Waals surface area contributed by atoms with Crippen molar-refractivity contribution in [3.63, 3.8) is 0 Å². The minimum atomic E-state index is -3.67. The van der Waals surface area contributed by atoms with Crippen molar-refractivity contribution in [3.8, 4) is 0 Å². The van der Waals surface area contributed by atoms with Crippen LogP contribution < -0.4 is 5.32 Å². The monoisotopic (exact) mass is 418 g/mol. The van der Waals surface area contributed by atoms with E-state index in [2.05, 4.69) is 19.2 Å². The number of sulfonamides is 1. The molecule has 0 aliphatic carbocycles. The van der Waals surface area contributed by atoms with Crippen LogP contribution in [0.3, 0.4) is 0 Å². The van der Waals surface area contributed by atoms with E-state index < -0.39 is 15.8 Å². The summed E-state index contributed by atoms with van der Waals surface area (Å²) >= 11 is 0.